The number of oxazole rings is 1. The number of hydrogen-bond donors (Lipinski definition) is 0. The van der Waals surface area contributed by atoms with Crippen LogP contribution in [0.1, 0.15) is 11.5 Å². The van der Waals surface area contributed by atoms with Crippen molar-refractivity contribution in [2.24, 2.45) is 0 Å². The molecule has 0 aliphatic rings. The topological polar surface area (TPSA) is 38.5 Å². The van der Waals surface area contributed by atoms with Gasteiger partial charge in [-0.2, -0.15) is 0 Å². The van der Waals surface area contributed by atoms with Crippen LogP contribution in [-0.2, 0) is 11.3 Å². The second-order valence-electron chi connectivity index (χ2n) is 3.97. The Balaban J connectivity index is 2.18. The Labute approximate surface area is 94.8 Å². The fraction of sp³-hybridized carbons (Fsp3) is 0.417. The molecule has 0 amide bonds. The molecule has 0 radical (unpaired) electrons. The maximum atomic E-state index is 5.43. The Morgan fingerprint density at radius 3 is 3.00 bits per heavy atom. The highest BCUT2D eigenvalue weighted by molar-refractivity contribution is 5.73. The van der Waals surface area contributed by atoms with Crippen LogP contribution >= 0.6 is 0 Å². The molecule has 0 spiro atoms. The van der Waals surface area contributed by atoms with Gasteiger partial charge in [-0.25, -0.2) is 4.98 Å². The fourth-order valence-corrected chi connectivity index (χ4v) is 1.76. The summed E-state index contributed by atoms with van der Waals surface area (Å²) in [6, 6.07) is 6.07. The van der Waals surface area contributed by atoms with Gasteiger partial charge in [-0.3, -0.25) is 4.90 Å². The van der Waals surface area contributed by atoms with E-state index in [2.05, 4.69) is 22.0 Å². The van der Waals surface area contributed by atoms with Gasteiger partial charge in [-0.1, -0.05) is 6.07 Å². The van der Waals surface area contributed by atoms with Gasteiger partial charge in [0.05, 0.1) is 6.73 Å². The maximum absolute atomic E-state index is 5.43. The van der Waals surface area contributed by atoms with Crippen molar-refractivity contribution < 1.29 is 9.15 Å². The molecule has 2 aromatic rings. The first-order valence-corrected chi connectivity index (χ1v) is 5.22. The largest absolute Gasteiger partial charge is 0.441 e. The predicted molar refractivity (Wildman–Crippen MR) is 62.1 cm³/mol. The number of fused-ring (bicyclic) bond motifs is 1. The van der Waals surface area contributed by atoms with E-state index in [1.165, 1.54) is 5.56 Å². The monoisotopic (exact) mass is 220 g/mol. The zero-order chi connectivity index (χ0) is 11.5. The highest BCUT2D eigenvalue weighted by atomic mass is 16.5. The molecule has 2 rings (SSSR count). The summed E-state index contributed by atoms with van der Waals surface area (Å²) in [5.41, 5.74) is 2.97. The molecule has 1 aromatic carbocycles. The first kappa shape index (κ1) is 11.1. The standard InChI is InChI=1S/C12H16N2O2/c1-9-13-11-6-10(4-5-12(11)16-9)7-14(2)8-15-3/h4-6H,7-8H2,1-3H3. The van der Waals surface area contributed by atoms with E-state index < -0.39 is 0 Å². The molecule has 0 aliphatic carbocycles. The van der Waals surface area contributed by atoms with Crippen LogP contribution in [0.15, 0.2) is 22.6 Å². The number of ether oxygens (including phenoxy) is 1. The smallest absolute Gasteiger partial charge is 0.192 e. The fourth-order valence-electron chi connectivity index (χ4n) is 1.76. The van der Waals surface area contributed by atoms with Crippen LogP contribution in [-0.4, -0.2) is 30.8 Å². The summed E-state index contributed by atoms with van der Waals surface area (Å²) in [6.45, 7) is 3.32. The molecule has 0 unspecified atom stereocenters. The Morgan fingerprint density at radius 1 is 1.44 bits per heavy atom. The van der Waals surface area contributed by atoms with Crippen LogP contribution in [0.25, 0.3) is 11.1 Å². The van der Waals surface area contributed by atoms with Crippen molar-refractivity contribution in [2.75, 3.05) is 20.9 Å². The van der Waals surface area contributed by atoms with Crippen molar-refractivity contribution in [2.45, 2.75) is 13.5 Å². The third-order valence-electron chi connectivity index (χ3n) is 2.36. The Hall–Kier alpha value is -1.39. The molecule has 16 heavy (non-hydrogen) atoms. The zero-order valence-electron chi connectivity index (χ0n) is 9.86. The molecule has 0 saturated carbocycles. The van der Waals surface area contributed by atoms with E-state index in [4.69, 9.17) is 9.15 Å². The van der Waals surface area contributed by atoms with E-state index in [-0.39, 0.29) is 0 Å². The second kappa shape index (κ2) is 4.63. The molecule has 86 valence electrons. The molecule has 0 fully saturated rings. The molecule has 0 bridgehead atoms. The normalized spacial score (nSPS) is 11.5. The summed E-state index contributed by atoms with van der Waals surface area (Å²) >= 11 is 0. The lowest BCUT2D eigenvalue weighted by Crippen LogP contribution is -2.20. The van der Waals surface area contributed by atoms with Gasteiger partial charge < -0.3 is 9.15 Å². The van der Waals surface area contributed by atoms with Crippen LogP contribution < -0.4 is 0 Å². The number of aryl methyl sites for hydroxylation is 1. The molecule has 4 nitrogen and oxygen atoms in total. The van der Waals surface area contributed by atoms with Crippen LogP contribution in [0.5, 0.6) is 0 Å². The van der Waals surface area contributed by atoms with Gasteiger partial charge in [0.2, 0.25) is 0 Å². The number of rotatable bonds is 4. The van der Waals surface area contributed by atoms with E-state index in [1.807, 2.05) is 20.0 Å². The number of hydrogen-bond acceptors (Lipinski definition) is 4. The van der Waals surface area contributed by atoms with Crippen molar-refractivity contribution in [3.05, 3.63) is 29.7 Å². The highest BCUT2D eigenvalue weighted by Gasteiger charge is 2.04. The highest BCUT2D eigenvalue weighted by Crippen LogP contribution is 2.17. The summed E-state index contributed by atoms with van der Waals surface area (Å²) < 4.78 is 10.5. The number of benzene rings is 1. The molecule has 0 saturated heterocycles. The zero-order valence-corrected chi connectivity index (χ0v) is 9.86. The minimum absolute atomic E-state index is 0.621. The van der Waals surface area contributed by atoms with E-state index >= 15 is 0 Å². The minimum Gasteiger partial charge on any atom is -0.441 e. The van der Waals surface area contributed by atoms with Crippen molar-refractivity contribution in [1.29, 1.82) is 0 Å². The van der Waals surface area contributed by atoms with Crippen molar-refractivity contribution in [3.8, 4) is 0 Å². The van der Waals surface area contributed by atoms with E-state index in [0.29, 0.717) is 12.6 Å². The average Bonchev–Trinajstić information content (AvgIpc) is 2.57. The van der Waals surface area contributed by atoms with Crippen LogP contribution in [0.4, 0.5) is 0 Å². The van der Waals surface area contributed by atoms with Crippen LogP contribution in [0, 0.1) is 6.92 Å². The summed E-state index contributed by atoms with van der Waals surface area (Å²) in [6.07, 6.45) is 0. The van der Waals surface area contributed by atoms with Gasteiger partial charge in [0, 0.05) is 20.6 Å². The first-order valence-electron chi connectivity index (χ1n) is 5.22. The number of methoxy groups -OCH3 is 1. The Bertz CT molecular complexity index is 479. The van der Waals surface area contributed by atoms with E-state index in [0.717, 1.165) is 17.6 Å². The van der Waals surface area contributed by atoms with Gasteiger partial charge in [0.15, 0.2) is 11.5 Å². The SMILES string of the molecule is COCN(C)Cc1ccc2oc(C)nc2c1. The van der Waals surface area contributed by atoms with Crippen LogP contribution in [0.3, 0.4) is 0 Å². The quantitative estimate of drug-likeness (QED) is 0.740. The van der Waals surface area contributed by atoms with Gasteiger partial charge in [-0.15, -0.1) is 0 Å². The van der Waals surface area contributed by atoms with Gasteiger partial charge in [0.25, 0.3) is 0 Å². The summed E-state index contributed by atoms with van der Waals surface area (Å²) in [7, 11) is 3.71. The van der Waals surface area contributed by atoms with Gasteiger partial charge >= 0.3 is 0 Å². The molecule has 0 aliphatic heterocycles. The van der Waals surface area contributed by atoms with Crippen LogP contribution in [0.2, 0.25) is 0 Å². The molecular formula is C12H16N2O2. The minimum atomic E-state index is 0.621. The molecule has 0 atom stereocenters. The lowest BCUT2D eigenvalue weighted by Gasteiger charge is -2.14. The second-order valence-corrected chi connectivity index (χ2v) is 3.97. The van der Waals surface area contributed by atoms with E-state index in [1.54, 1.807) is 7.11 Å². The average molecular weight is 220 g/mol. The lowest BCUT2D eigenvalue weighted by atomic mass is 10.2. The van der Waals surface area contributed by atoms with E-state index in [9.17, 15) is 0 Å². The molecule has 0 N–H and O–H groups in total. The van der Waals surface area contributed by atoms with Crippen molar-refractivity contribution in [3.63, 3.8) is 0 Å². The molecule has 4 heteroatoms. The summed E-state index contributed by atoms with van der Waals surface area (Å²) in [4.78, 5) is 6.40. The third-order valence-corrected chi connectivity index (χ3v) is 2.36. The summed E-state index contributed by atoms with van der Waals surface area (Å²) in [5.74, 6) is 0.706. The third kappa shape index (κ3) is 2.40. The number of nitrogens with zero attached hydrogens (tertiary/aromatic N) is 2. The Kier molecular flexibility index (Phi) is 3.22. The Morgan fingerprint density at radius 2 is 2.25 bits per heavy atom. The molecule has 1 aromatic heterocycles. The van der Waals surface area contributed by atoms with Gasteiger partial charge in [0.1, 0.15) is 5.52 Å². The number of aromatic nitrogens is 1. The lowest BCUT2D eigenvalue weighted by molar-refractivity contribution is 0.0772. The van der Waals surface area contributed by atoms with Crippen molar-refractivity contribution in [1.82, 2.24) is 9.88 Å². The van der Waals surface area contributed by atoms with Gasteiger partial charge in [-0.05, 0) is 24.7 Å². The first-order chi connectivity index (χ1) is 7.69. The van der Waals surface area contributed by atoms with Crippen molar-refractivity contribution >= 4 is 11.1 Å². The molecular weight excluding hydrogens is 204 g/mol. The maximum Gasteiger partial charge on any atom is 0.192 e. The molecule has 1 heterocycles. The summed E-state index contributed by atoms with van der Waals surface area (Å²) in [5, 5.41) is 0. The predicted octanol–water partition coefficient (Wildman–Crippen LogP) is 2.17.